The third-order valence-corrected chi connectivity index (χ3v) is 5.20. The van der Waals surface area contributed by atoms with Crippen molar-refractivity contribution < 1.29 is 13.5 Å². The van der Waals surface area contributed by atoms with Gasteiger partial charge in [-0.05, 0) is 48.9 Å². The summed E-state index contributed by atoms with van der Waals surface area (Å²) in [4.78, 5) is 0.279. The summed E-state index contributed by atoms with van der Waals surface area (Å²) < 4.78 is 27.1. The molecule has 0 heterocycles. The van der Waals surface area contributed by atoms with Crippen LogP contribution in [0.1, 0.15) is 30.9 Å². The van der Waals surface area contributed by atoms with E-state index >= 15 is 0 Å². The minimum Gasteiger partial charge on any atom is -0.395 e. The standard InChI is InChI=1S/C16H21NO3S/c1-12-9-15(12)11-17-21(19,20)16-7-6-14(13(2)10-16)5-3-4-8-18/h6-7,10,12,15,17-18H,4,8-9,11H2,1-2H3. The number of aliphatic hydroxyl groups is 1. The van der Waals surface area contributed by atoms with Crippen LogP contribution in [0, 0.1) is 30.6 Å². The predicted molar refractivity (Wildman–Crippen MR) is 82.2 cm³/mol. The Morgan fingerprint density at radius 3 is 2.71 bits per heavy atom. The van der Waals surface area contributed by atoms with Gasteiger partial charge in [-0.3, -0.25) is 0 Å². The third-order valence-electron chi connectivity index (χ3n) is 3.78. The van der Waals surface area contributed by atoms with Crippen molar-refractivity contribution in [2.75, 3.05) is 13.2 Å². The minimum atomic E-state index is -3.44. The molecule has 2 unspecified atom stereocenters. The fourth-order valence-electron chi connectivity index (χ4n) is 2.14. The van der Waals surface area contributed by atoms with E-state index in [1.165, 1.54) is 0 Å². The molecule has 1 aliphatic carbocycles. The second-order valence-electron chi connectivity index (χ2n) is 5.58. The zero-order valence-electron chi connectivity index (χ0n) is 12.4. The van der Waals surface area contributed by atoms with Crippen molar-refractivity contribution in [1.29, 1.82) is 0 Å². The molecule has 0 radical (unpaired) electrons. The van der Waals surface area contributed by atoms with Crippen molar-refractivity contribution in [3.05, 3.63) is 29.3 Å². The molecule has 1 aromatic carbocycles. The van der Waals surface area contributed by atoms with Crippen LogP contribution in [-0.4, -0.2) is 26.7 Å². The lowest BCUT2D eigenvalue weighted by atomic mass is 10.1. The fraction of sp³-hybridized carbons (Fsp3) is 0.500. The topological polar surface area (TPSA) is 66.4 Å². The quantitative estimate of drug-likeness (QED) is 0.813. The highest BCUT2D eigenvalue weighted by Crippen LogP contribution is 2.37. The monoisotopic (exact) mass is 307 g/mol. The number of sulfonamides is 1. The second-order valence-corrected chi connectivity index (χ2v) is 7.34. The van der Waals surface area contributed by atoms with Crippen LogP contribution in [0.4, 0.5) is 0 Å². The lowest BCUT2D eigenvalue weighted by Gasteiger charge is -2.08. The molecular formula is C16H21NO3S. The Kier molecular flexibility index (Phi) is 5.04. The second kappa shape index (κ2) is 6.61. The van der Waals surface area contributed by atoms with Crippen LogP contribution in [-0.2, 0) is 10.0 Å². The molecule has 0 aromatic heterocycles. The molecule has 1 fully saturated rings. The zero-order chi connectivity index (χ0) is 15.5. The normalized spacial score (nSPS) is 20.7. The van der Waals surface area contributed by atoms with Gasteiger partial charge < -0.3 is 5.11 Å². The van der Waals surface area contributed by atoms with Crippen LogP contribution < -0.4 is 4.72 Å². The molecule has 1 saturated carbocycles. The Hall–Kier alpha value is -1.35. The number of hydrogen-bond acceptors (Lipinski definition) is 3. The van der Waals surface area contributed by atoms with Crippen molar-refractivity contribution >= 4 is 10.0 Å². The number of benzene rings is 1. The summed E-state index contributed by atoms with van der Waals surface area (Å²) in [6.45, 7) is 4.51. The summed E-state index contributed by atoms with van der Waals surface area (Å²) >= 11 is 0. The Morgan fingerprint density at radius 1 is 1.43 bits per heavy atom. The van der Waals surface area contributed by atoms with Crippen molar-refractivity contribution in [2.24, 2.45) is 11.8 Å². The maximum absolute atomic E-state index is 12.2. The molecule has 0 bridgehead atoms. The fourth-order valence-corrected chi connectivity index (χ4v) is 3.32. The van der Waals surface area contributed by atoms with Gasteiger partial charge in [0.2, 0.25) is 10.0 Å². The molecule has 5 heteroatoms. The van der Waals surface area contributed by atoms with Gasteiger partial charge in [0, 0.05) is 18.5 Å². The van der Waals surface area contributed by atoms with Gasteiger partial charge in [0.05, 0.1) is 11.5 Å². The number of hydrogen-bond donors (Lipinski definition) is 2. The first-order valence-corrected chi connectivity index (χ1v) is 8.62. The van der Waals surface area contributed by atoms with Gasteiger partial charge in [0.25, 0.3) is 0 Å². The number of rotatable bonds is 5. The molecule has 1 aliphatic rings. The predicted octanol–water partition coefficient (Wildman–Crippen LogP) is 1.66. The molecule has 2 rings (SSSR count). The van der Waals surface area contributed by atoms with Crippen LogP contribution in [0.5, 0.6) is 0 Å². The van der Waals surface area contributed by atoms with Crippen molar-refractivity contribution in [1.82, 2.24) is 4.72 Å². The number of aryl methyl sites for hydroxylation is 1. The molecule has 0 aliphatic heterocycles. The van der Waals surface area contributed by atoms with Crippen molar-refractivity contribution in [2.45, 2.75) is 31.6 Å². The molecule has 1 aromatic rings. The summed E-state index contributed by atoms with van der Waals surface area (Å²) in [6.07, 6.45) is 1.52. The third kappa shape index (κ3) is 4.31. The summed E-state index contributed by atoms with van der Waals surface area (Å²) in [6, 6.07) is 4.93. The molecule has 2 atom stereocenters. The highest BCUT2D eigenvalue weighted by atomic mass is 32.2. The van der Waals surface area contributed by atoms with Crippen LogP contribution >= 0.6 is 0 Å². The highest BCUT2D eigenvalue weighted by Gasteiger charge is 2.33. The van der Waals surface area contributed by atoms with E-state index in [0.29, 0.717) is 24.8 Å². The molecule has 0 spiro atoms. The Bertz CT molecular complexity index is 670. The first-order valence-electron chi connectivity index (χ1n) is 7.14. The summed E-state index contributed by atoms with van der Waals surface area (Å²) in [5.74, 6) is 6.87. The van der Waals surface area contributed by atoms with E-state index in [1.807, 2.05) is 6.92 Å². The van der Waals surface area contributed by atoms with Gasteiger partial charge in [-0.15, -0.1) is 0 Å². The van der Waals surface area contributed by atoms with Gasteiger partial charge >= 0.3 is 0 Å². The molecular weight excluding hydrogens is 286 g/mol. The van der Waals surface area contributed by atoms with E-state index < -0.39 is 10.0 Å². The molecule has 4 nitrogen and oxygen atoms in total. The lowest BCUT2D eigenvalue weighted by Crippen LogP contribution is -2.26. The van der Waals surface area contributed by atoms with E-state index in [9.17, 15) is 8.42 Å². The average Bonchev–Trinajstić information content (AvgIpc) is 3.14. The Morgan fingerprint density at radius 2 is 2.14 bits per heavy atom. The van der Waals surface area contributed by atoms with Crippen molar-refractivity contribution in [3.8, 4) is 11.8 Å². The van der Waals surface area contributed by atoms with Crippen LogP contribution in [0.3, 0.4) is 0 Å². The van der Waals surface area contributed by atoms with Gasteiger partial charge in [-0.25, -0.2) is 13.1 Å². The van der Waals surface area contributed by atoms with Crippen LogP contribution in [0.25, 0.3) is 0 Å². The maximum Gasteiger partial charge on any atom is 0.240 e. The Labute approximate surface area is 126 Å². The SMILES string of the molecule is Cc1cc(S(=O)(=O)NCC2CC2C)ccc1C#CCCO. The molecule has 114 valence electrons. The maximum atomic E-state index is 12.2. The van der Waals surface area contributed by atoms with Gasteiger partial charge in [0.1, 0.15) is 0 Å². The molecule has 2 N–H and O–H groups in total. The van der Waals surface area contributed by atoms with E-state index in [4.69, 9.17) is 5.11 Å². The first kappa shape index (κ1) is 16.0. The van der Waals surface area contributed by atoms with Gasteiger partial charge in [-0.1, -0.05) is 18.8 Å². The van der Waals surface area contributed by atoms with E-state index in [0.717, 1.165) is 17.5 Å². The lowest BCUT2D eigenvalue weighted by molar-refractivity contribution is 0.305. The van der Waals surface area contributed by atoms with Crippen LogP contribution in [0.15, 0.2) is 23.1 Å². The molecule has 21 heavy (non-hydrogen) atoms. The Balaban J connectivity index is 2.09. The van der Waals surface area contributed by atoms with E-state index in [-0.39, 0.29) is 11.5 Å². The smallest absolute Gasteiger partial charge is 0.240 e. The van der Waals surface area contributed by atoms with Gasteiger partial charge in [0.15, 0.2) is 0 Å². The molecule has 0 amide bonds. The number of aliphatic hydroxyl groups excluding tert-OH is 1. The van der Waals surface area contributed by atoms with Crippen LogP contribution in [0.2, 0.25) is 0 Å². The highest BCUT2D eigenvalue weighted by molar-refractivity contribution is 7.89. The molecule has 0 saturated heterocycles. The first-order chi connectivity index (χ1) is 9.94. The average molecular weight is 307 g/mol. The summed E-state index contributed by atoms with van der Waals surface area (Å²) in [5.41, 5.74) is 1.61. The minimum absolute atomic E-state index is 0.0298. The van der Waals surface area contributed by atoms with E-state index in [1.54, 1.807) is 18.2 Å². The summed E-state index contributed by atoms with van der Waals surface area (Å²) in [5, 5.41) is 8.70. The largest absolute Gasteiger partial charge is 0.395 e. The number of nitrogens with one attached hydrogen (secondary N) is 1. The summed E-state index contributed by atoms with van der Waals surface area (Å²) in [7, 11) is -3.44. The van der Waals surface area contributed by atoms with E-state index in [2.05, 4.69) is 23.5 Å². The zero-order valence-corrected chi connectivity index (χ0v) is 13.2. The van der Waals surface area contributed by atoms with Gasteiger partial charge in [-0.2, -0.15) is 0 Å². The van der Waals surface area contributed by atoms with Crippen molar-refractivity contribution in [3.63, 3.8) is 0 Å².